The molecule has 0 aromatic rings. The third-order valence-corrected chi connectivity index (χ3v) is 2.81. The molecule has 1 rings (SSSR count). The second-order valence-electron chi connectivity index (χ2n) is 4.00. The Bertz CT molecular complexity index is 196. The van der Waals surface area contributed by atoms with Gasteiger partial charge >= 0.3 is 0 Å². The van der Waals surface area contributed by atoms with Crippen LogP contribution in [0.3, 0.4) is 0 Å². The molecular formula is C11H23N3O. The van der Waals surface area contributed by atoms with Crippen molar-refractivity contribution >= 4 is 5.91 Å². The van der Waals surface area contributed by atoms with E-state index in [2.05, 4.69) is 22.5 Å². The van der Waals surface area contributed by atoms with Crippen LogP contribution in [-0.2, 0) is 4.79 Å². The number of amides is 1. The first-order valence-electron chi connectivity index (χ1n) is 6.02. The number of carbonyl (C=O) groups is 1. The lowest BCUT2D eigenvalue weighted by molar-refractivity contribution is -0.127. The number of likely N-dealkylation sites (N-methyl/N-ethyl adjacent to an activating group) is 1. The van der Waals surface area contributed by atoms with Gasteiger partial charge < -0.3 is 10.6 Å². The highest BCUT2D eigenvalue weighted by Crippen LogP contribution is 2.05. The van der Waals surface area contributed by atoms with Gasteiger partial charge in [-0.1, -0.05) is 13.3 Å². The zero-order chi connectivity index (χ0) is 11.1. The smallest absolute Gasteiger partial charge is 0.238 e. The van der Waals surface area contributed by atoms with Gasteiger partial charge in [-0.05, 0) is 19.9 Å². The third-order valence-electron chi connectivity index (χ3n) is 2.81. The summed E-state index contributed by atoms with van der Waals surface area (Å²) in [4.78, 5) is 14.1. The average molecular weight is 213 g/mol. The highest BCUT2D eigenvalue weighted by atomic mass is 16.2. The van der Waals surface area contributed by atoms with E-state index in [1.165, 1.54) is 12.8 Å². The maximum absolute atomic E-state index is 11.8. The van der Waals surface area contributed by atoms with Crippen molar-refractivity contribution in [2.45, 2.75) is 32.7 Å². The predicted molar refractivity (Wildman–Crippen MR) is 61.8 cm³/mol. The van der Waals surface area contributed by atoms with Crippen molar-refractivity contribution in [1.29, 1.82) is 0 Å². The van der Waals surface area contributed by atoms with Crippen molar-refractivity contribution in [1.82, 2.24) is 15.5 Å². The summed E-state index contributed by atoms with van der Waals surface area (Å²) in [6.07, 6.45) is 2.36. The molecule has 0 saturated carbocycles. The standard InChI is InChI=1S/C11H23N3O/c1-3-5-7-14-8-6-12-9-10(14)11(15)13-4-2/h10,12H,3-9H2,1-2H3,(H,13,15). The monoisotopic (exact) mass is 213 g/mol. The summed E-state index contributed by atoms with van der Waals surface area (Å²) in [6, 6.07) is 0.0326. The zero-order valence-electron chi connectivity index (χ0n) is 9.88. The summed E-state index contributed by atoms with van der Waals surface area (Å²) in [5.74, 6) is 0.167. The van der Waals surface area contributed by atoms with Crippen LogP contribution in [0, 0.1) is 0 Å². The van der Waals surface area contributed by atoms with Gasteiger partial charge in [0.25, 0.3) is 0 Å². The molecule has 0 bridgehead atoms. The number of unbranched alkanes of at least 4 members (excludes halogenated alkanes) is 1. The van der Waals surface area contributed by atoms with Gasteiger partial charge in [0.1, 0.15) is 6.04 Å². The number of nitrogens with zero attached hydrogens (tertiary/aromatic N) is 1. The van der Waals surface area contributed by atoms with Crippen molar-refractivity contribution in [2.75, 3.05) is 32.7 Å². The van der Waals surface area contributed by atoms with Gasteiger partial charge in [-0.3, -0.25) is 9.69 Å². The molecule has 0 aromatic carbocycles. The number of nitrogens with one attached hydrogen (secondary N) is 2. The average Bonchev–Trinajstić information content (AvgIpc) is 2.27. The summed E-state index contributed by atoms with van der Waals surface area (Å²) in [6.45, 7) is 8.68. The molecule has 1 unspecified atom stereocenters. The van der Waals surface area contributed by atoms with Crippen LogP contribution >= 0.6 is 0 Å². The number of piperazine rings is 1. The summed E-state index contributed by atoms with van der Waals surface area (Å²) in [5, 5.41) is 6.18. The Hall–Kier alpha value is -0.610. The van der Waals surface area contributed by atoms with Gasteiger partial charge in [0.2, 0.25) is 5.91 Å². The fourth-order valence-electron chi connectivity index (χ4n) is 1.93. The SMILES string of the molecule is CCCCN1CCNCC1C(=O)NCC. The summed E-state index contributed by atoms with van der Waals surface area (Å²) < 4.78 is 0. The first-order valence-corrected chi connectivity index (χ1v) is 6.02. The molecular weight excluding hydrogens is 190 g/mol. The number of hydrogen-bond acceptors (Lipinski definition) is 3. The lowest BCUT2D eigenvalue weighted by Gasteiger charge is -2.35. The van der Waals surface area contributed by atoms with Crippen LogP contribution in [-0.4, -0.2) is 49.6 Å². The molecule has 1 fully saturated rings. The quantitative estimate of drug-likeness (QED) is 0.685. The first-order chi connectivity index (χ1) is 7.29. The molecule has 1 aliphatic rings. The zero-order valence-corrected chi connectivity index (χ0v) is 9.88. The van der Waals surface area contributed by atoms with E-state index in [-0.39, 0.29) is 11.9 Å². The van der Waals surface area contributed by atoms with Gasteiger partial charge in [0, 0.05) is 26.2 Å². The van der Waals surface area contributed by atoms with Crippen molar-refractivity contribution in [2.24, 2.45) is 0 Å². The number of rotatable bonds is 5. The Morgan fingerprint density at radius 2 is 2.33 bits per heavy atom. The van der Waals surface area contributed by atoms with E-state index in [0.717, 1.165) is 32.7 Å². The topological polar surface area (TPSA) is 44.4 Å². The van der Waals surface area contributed by atoms with Crippen LogP contribution in [0.25, 0.3) is 0 Å². The van der Waals surface area contributed by atoms with E-state index >= 15 is 0 Å². The van der Waals surface area contributed by atoms with Gasteiger partial charge in [0.05, 0.1) is 0 Å². The Kier molecular flexibility index (Phi) is 5.65. The Morgan fingerprint density at radius 1 is 1.53 bits per heavy atom. The van der Waals surface area contributed by atoms with E-state index in [1.54, 1.807) is 0 Å². The molecule has 0 spiro atoms. The maximum atomic E-state index is 11.8. The lowest BCUT2D eigenvalue weighted by atomic mass is 10.1. The molecule has 15 heavy (non-hydrogen) atoms. The van der Waals surface area contributed by atoms with E-state index in [0.29, 0.717) is 0 Å². The minimum Gasteiger partial charge on any atom is -0.355 e. The minimum atomic E-state index is 0.0326. The largest absolute Gasteiger partial charge is 0.355 e. The Labute approximate surface area is 92.4 Å². The summed E-state index contributed by atoms with van der Waals surface area (Å²) in [5.41, 5.74) is 0. The van der Waals surface area contributed by atoms with Gasteiger partial charge in [-0.2, -0.15) is 0 Å². The van der Waals surface area contributed by atoms with Crippen LogP contribution in [0.2, 0.25) is 0 Å². The molecule has 1 atom stereocenters. The first kappa shape index (κ1) is 12.5. The van der Waals surface area contributed by atoms with Crippen molar-refractivity contribution in [3.05, 3.63) is 0 Å². The Balaban J connectivity index is 2.45. The second kappa shape index (κ2) is 6.80. The molecule has 1 heterocycles. The Morgan fingerprint density at radius 3 is 3.00 bits per heavy atom. The van der Waals surface area contributed by atoms with E-state index in [4.69, 9.17) is 0 Å². The fourth-order valence-corrected chi connectivity index (χ4v) is 1.93. The van der Waals surface area contributed by atoms with E-state index in [9.17, 15) is 4.79 Å². The predicted octanol–water partition coefficient (Wildman–Crippen LogP) is 0.196. The molecule has 1 amide bonds. The van der Waals surface area contributed by atoms with Gasteiger partial charge in [-0.15, -0.1) is 0 Å². The third kappa shape index (κ3) is 3.80. The van der Waals surface area contributed by atoms with Gasteiger partial charge in [0.15, 0.2) is 0 Å². The van der Waals surface area contributed by atoms with E-state index in [1.807, 2.05) is 6.92 Å². The molecule has 88 valence electrons. The highest BCUT2D eigenvalue weighted by Gasteiger charge is 2.27. The lowest BCUT2D eigenvalue weighted by Crippen LogP contribution is -2.57. The maximum Gasteiger partial charge on any atom is 0.238 e. The van der Waals surface area contributed by atoms with E-state index < -0.39 is 0 Å². The number of carbonyl (C=O) groups excluding carboxylic acids is 1. The molecule has 2 N–H and O–H groups in total. The second-order valence-corrected chi connectivity index (χ2v) is 4.00. The fraction of sp³-hybridized carbons (Fsp3) is 0.909. The molecule has 0 aromatic heterocycles. The van der Waals surface area contributed by atoms with Crippen molar-refractivity contribution in [3.8, 4) is 0 Å². The molecule has 4 heteroatoms. The van der Waals surface area contributed by atoms with Crippen LogP contribution in [0.1, 0.15) is 26.7 Å². The molecule has 1 saturated heterocycles. The molecule has 0 aliphatic carbocycles. The summed E-state index contributed by atoms with van der Waals surface area (Å²) in [7, 11) is 0. The number of hydrogen-bond donors (Lipinski definition) is 2. The summed E-state index contributed by atoms with van der Waals surface area (Å²) >= 11 is 0. The normalized spacial score (nSPS) is 22.7. The minimum absolute atomic E-state index is 0.0326. The highest BCUT2D eigenvalue weighted by molar-refractivity contribution is 5.82. The van der Waals surface area contributed by atoms with Gasteiger partial charge in [-0.25, -0.2) is 0 Å². The van der Waals surface area contributed by atoms with Crippen molar-refractivity contribution in [3.63, 3.8) is 0 Å². The molecule has 4 nitrogen and oxygen atoms in total. The van der Waals surface area contributed by atoms with Crippen LogP contribution in [0.15, 0.2) is 0 Å². The molecule has 1 aliphatic heterocycles. The van der Waals surface area contributed by atoms with Crippen LogP contribution < -0.4 is 10.6 Å². The van der Waals surface area contributed by atoms with Crippen LogP contribution in [0.5, 0.6) is 0 Å². The van der Waals surface area contributed by atoms with Crippen LogP contribution in [0.4, 0.5) is 0 Å². The van der Waals surface area contributed by atoms with Crippen molar-refractivity contribution < 1.29 is 4.79 Å². The molecule has 0 radical (unpaired) electrons.